The number of pyridine rings is 1. The number of hydrogen-bond donors (Lipinski definition) is 1. The summed E-state index contributed by atoms with van der Waals surface area (Å²) >= 11 is 3.36. The van der Waals surface area contributed by atoms with Crippen LogP contribution in [0.15, 0.2) is 47.1 Å². The summed E-state index contributed by atoms with van der Waals surface area (Å²) in [5.74, 6) is -0.0482. The number of carbonyl (C=O) groups is 2. The van der Waals surface area contributed by atoms with Crippen LogP contribution in [0.5, 0.6) is 0 Å². The number of rotatable bonds is 3. The summed E-state index contributed by atoms with van der Waals surface area (Å²) in [5, 5.41) is 2.88. The molecule has 0 fully saturated rings. The average Bonchev–Trinajstić information content (AvgIpc) is 2.61. The lowest BCUT2D eigenvalue weighted by atomic mass is 9.96. The van der Waals surface area contributed by atoms with Crippen LogP contribution in [0.25, 0.3) is 0 Å². The fourth-order valence-corrected chi connectivity index (χ4v) is 3.54. The molecule has 1 aliphatic rings. The Bertz CT molecular complexity index is 813. The van der Waals surface area contributed by atoms with Crippen LogP contribution in [0.1, 0.15) is 37.6 Å². The Hall–Kier alpha value is -2.41. The molecule has 136 valence electrons. The summed E-state index contributed by atoms with van der Waals surface area (Å²) in [6.07, 6.45) is 0.0614. The number of hydrogen-bond acceptors (Lipinski definition) is 4. The molecule has 2 amide bonds. The van der Waals surface area contributed by atoms with Gasteiger partial charge in [-0.2, -0.15) is 0 Å². The monoisotopic (exact) mass is 417 g/mol. The molecule has 26 heavy (non-hydrogen) atoms. The van der Waals surface area contributed by atoms with Gasteiger partial charge in [0.2, 0.25) is 5.91 Å². The number of halogens is 1. The highest BCUT2D eigenvalue weighted by Gasteiger charge is 2.34. The fraction of sp³-hybridized carbons (Fsp3) is 0.316. The van der Waals surface area contributed by atoms with E-state index in [1.165, 1.54) is 6.92 Å². The van der Waals surface area contributed by atoms with E-state index in [0.717, 1.165) is 5.56 Å². The number of anilines is 1. The zero-order valence-corrected chi connectivity index (χ0v) is 16.2. The van der Waals surface area contributed by atoms with Crippen LogP contribution in [0.2, 0.25) is 0 Å². The molecule has 3 rings (SSSR count). The van der Waals surface area contributed by atoms with E-state index in [2.05, 4.69) is 26.2 Å². The minimum atomic E-state index is -0.505. The number of nitrogens with zero attached hydrogens (tertiary/aromatic N) is 2. The number of aromatic nitrogens is 1. The van der Waals surface area contributed by atoms with Crippen molar-refractivity contribution in [3.05, 3.63) is 58.3 Å². The third-order valence-electron chi connectivity index (χ3n) is 4.32. The molecule has 0 radical (unpaired) electrons. The first kappa shape index (κ1) is 18.4. The van der Waals surface area contributed by atoms with Gasteiger partial charge in [0.25, 0.3) is 0 Å². The van der Waals surface area contributed by atoms with Gasteiger partial charge in [-0.15, -0.1) is 0 Å². The maximum Gasteiger partial charge on any atom is 0.408 e. The van der Waals surface area contributed by atoms with E-state index >= 15 is 0 Å². The van der Waals surface area contributed by atoms with Gasteiger partial charge in [0, 0.05) is 13.0 Å². The summed E-state index contributed by atoms with van der Waals surface area (Å²) in [6, 6.07) is 12.8. The van der Waals surface area contributed by atoms with Gasteiger partial charge in [-0.25, -0.2) is 9.78 Å². The first-order valence-electron chi connectivity index (χ1n) is 8.39. The third-order valence-corrected chi connectivity index (χ3v) is 4.76. The van der Waals surface area contributed by atoms with Crippen LogP contribution in [-0.2, 0) is 16.1 Å². The normalized spacial score (nSPS) is 18.8. The molecule has 2 atom stereocenters. The van der Waals surface area contributed by atoms with Crippen molar-refractivity contribution in [2.45, 2.75) is 39.0 Å². The fourth-order valence-electron chi connectivity index (χ4n) is 3.21. The second kappa shape index (κ2) is 7.86. The van der Waals surface area contributed by atoms with Gasteiger partial charge >= 0.3 is 6.09 Å². The standard InChI is InChI=1S/C19H20BrN3O3/c1-12-10-15(21-19(25)26-11-14-6-4-3-5-7-14)18-16(23(12)13(2)24)8-9-17(20)22-18/h3-9,12,15H,10-11H2,1-2H3,(H,21,25). The van der Waals surface area contributed by atoms with Gasteiger partial charge in [0.1, 0.15) is 11.2 Å². The molecular formula is C19H20BrN3O3. The Kier molecular flexibility index (Phi) is 5.56. The second-order valence-corrected chi connectivity index (χ2v) is 7.08. The smallest absolute Gasteiger partial charge is 0.408 e. The van der Waals surface area contributed by atoms with E-state index in [9.17, 15) is 9.59 Å². The zero-order chi connectivity index (χ0) is 18.7. The van der Waals surface area contributed by atoms with Gasteiger partial charge in [-0.1, -0.05) is 30.3 Å². The lowest BCUT2D eigenvalue weighted by molar-refractivity contribution is -0.117. The Morgan fingerprint density at radius 1 is 1.27 bits per heavy atom. The van der Waals surface area contributed by atoms with Crippen molar-refractivity contribution >= 4 is 33.6 Å². The minimum Gasteiger partial charge on any atom is -0.445 e. The molecule has 2 aromatic rings. The Morgan fingerprint density at radius 2 is 2.00 bits per heavy atom. The van der Waals surface area contributed by atoms with E-state index in [-0.39, 0.29) is 24.6 Å². The van der Waals surface area contributed by atoms with E-state index in [4.69, 9.17) is 4.74 Å². The Labute approximate surface area is 160 Å². The third kappa shape index (κ3) is 4.04. The number of nitrogens with one attached hydrogen (secondary N) is 1. The van der Waals surface area contributed by atoms with Crippen molar-refractivity contribution in [1.29, 1.82) is 0 Å². The molecule has 0 saturated carbocycles. The summed E-state index contributed by atoms with van der Waals surface area (Å²) < 4.78 is 5.97. The van der Waals surface area contributed by atoms with Crippen molar-refractivity contribution in [3.8, 4) is 0 Å². The number of alkyl carbamates (subject to hydrolysis) is 1. The first-order chi connectivity index (χ1) is 12.5. The van der Waals surface area contributed by atoms with E-state index in [1.807, 2.05) is 43.3 Å². The van der Waals surface area contributed by atoms with Crippen LogP contribution in [0.3, 0.4) is 0 Å². The highest BCUT2D eigenvalue weighted by atomic mass is 79.9. The quantitative estimate of drug-likeness (QED) is 0.767. The van der Waals surface area contributed by atoms with Gasteiger partial charge in [-0.05, 0) is 47.0 Å². The van der Waals surface area contributed by atoms with Crippen molar-refractivity contribution in [2.75, 3.05) is 4.90 Å². The van der Waals surface area contributed by atoms with Crippen molar-refractivity contribution in [2.24, 2.45) is 0 Å². The lowest BCUT2D eigenvalue weighted by Gasteiger charge is -2.38. The van der Waals surface area contributed by atoms with Crippen LogP contribution in [0.4, 0.5) is 10.5 Å². The molecular weight excluding hydrogens is 398 g/mol. The maximum absolute atomic E-state index is 12.2. The molecule has 7 heteroatoms. The van der Waals surface area contributed by atoms with Crippen molar-refractivity contribution in [1.82, 2.24) is 10.3 Å². The van der Waals surface area contributed by atoms with E-state index in [1.54, 1.807) is 11.0 Å². The highest BCUT2D eigenvalue weighted by Crippen LogP contribution is 2.36. The molecule has 1 aliphatic heterocycles. The first-order valence-corrected chi connectivity index (χ1v) is 9.18. The molecule has 0 saturated heterocycles. The molecule has 1 N–H and O–H groups in total. The molecule has 1 aromatic carbocycles. The van der Waals surface area contributed by atoms with Gasteiger partial charge in [-0.3, -0.25) is 4.79 Å². The molecule has 2 unspecified atom stereocenters. The highest BCUT2D eigenvalue weighted by molar-refractivity contribution is 9.10. The number of amides is 2. The van der Waals surface area contributed by atoms with Gasteiger partial charge in [0.15, 0.2) is 0 Å². The predicted octanol–water partition coefficient (Wildman–Crippen LogP) is 3.96. The van der Waals surface area contributed by atoms with Crippen LogP contribution in [-0.4, -0.2) is 23.0 Å². The van der Waals surface area contributed by atoms with Crippen molar-refractivity contribution < 1.29 is 14.3 Å². The lowest BCUT2D eigenvalue weighted by Crippen LogP contribution is -2.46. The van der Waals surface area contributed by atoms with Crippen molar-refractivity contribution in [3.63, 3.8) is 0 Å². The van der Waals surface area contributed by atoms with Crippen LogP contribution in [0, 0.1) is 0 Å². The molecule has 6 nitrogen and oxygen atoms in total. The molecule has 2 heterocycles. The summed E-state index contributed by atoms with van der Waals surface area (Å²) in [7, 11) is 0. The SMILES string of the molecule is CC(=O)N1c2ccc(Br)nc2C(NC(=O)OCc2ccccc2)CC1C. The van der Waals surface area contributed by atoms with E-state index < -0.39 is 6.09 Å². The summed E-state index contributed by atoms with van der Waals surface area (Å²) in [5.41, 5.74) is 2.29. The topological polar surface area (TPSA) is 71.5 Å². The van der Waals surface area contributed by atoms with Gasteiger partial charge < -0.3 is 15.0 Å². The van der Waals surface area contributed by atoms with Crippen LogP contribution >= 0.6 is 15.9 Å². The predicted molar refractivity (Wildman–Crippen MR) is 102 cm³/mol. The Balaban J connectivity index is 1.75. The summed E-state index contributed by atoms with van der Waals surface area (Å²) in [4.78, 5) is 30.5. The van der Waals surface area contributed by atoms with E-state index in [0.29, 0.717) is 22.4 Å². The number of carbonyl (C=O) groups excluding carboxylic acids is 2. The number of fused-ring (bicyclic) bond motifs is 1. The number of ether oxygens (including phenoxy) is 1. The molecule has 0 aliphatic carbocycles. The Morgan fingerprint density at radius 3 is 2.69 bits per heavy atom. The van der Waals surface area contributed by atoms with Gasteiger partial charge in [0.05, 0.1) is 17.4 Å². The number of benzene rings is 1. The molecule has 1 aromatic heterocycles. The summed E-state index contributed by atoms with van der Waals surface area (Å²) in [6.45, 7) is 3.69. The molecule has 0 spiro atoms. The minimum absolute atomic E-state index is 0.0482. The average molecular weight is 418 g/mol. The molecule has 0 bridgehead atoms. The largest absolute Gasteiger partial charge is 0.445 e. The zero-order valence-electron chi connectivity index (χ0n) is 14.6. The maximum atomic E-state index is 12.2. The second-order valence-electron chi connectivity index (χ2n) is 6.27. The van der Waals surface area contributed by atoms with Crippen LogP contribution < -0.4 is 10.2 Å².